The Morgan fingerprint density at radius 1 is 1.14 bits per heavy atom. The van der Waals surface area contributed by atoms with Crippen molar-refractivity contribution in [3.05, 3.63) is 58.1 Å². The number of nitrogens with one attached hydrogen (secondary N) is 1. The van der Waals surface area contributed by atoms with Gasteiger partial charge in [0.05, 0.1) is 26.9 Å². The van der Waals surface area contributed by atoms with Gasteiger partial charge < -0.3 is 5.32 Å². The molecule has 0 radical (unpaired) electrons. The van der Waals surface area contributed by atoms with E-state index in [1.165, 1.54) is 6.07 Å². The minimum atomic E-state index is -3.39. The van der Waals surface area contributed by atoms with Gasteiger partial charge in [-0.1, -0.05) is 18.2 Å². The van der Waals surface area contributed by atoms with Crippen molar-refractivity contribution in [1.82, 2.24) is 0 Å². The van der Waals surface area contributed by atoms with Gasteiger partial charge in [0.1, 0.15) is 11.6 Å². The first-order valence-corrected chi connectivity index (χ1v) is 8.56. The normalized spacial score (nSPS) is 19.3. The van der Waals surface area contributed by atoms with Crippen LogP contribution in [0, 0.1) is 11.6 Å². The summed E-state index contributed by atoms with van der Waals surface area (Å²) in [6, 6.07) is 7.96. The van der Waals surface area contributed by atoms with Gasteiger partial charge in [0.2, 0.25) is 0 Å². The number of benzene rings is 2. The summed E-state index contributed by atoms with van der Waals surface area (Å²) in [7, 11) is -3.39. The highest BCUT2D eigenvalue weighted by molar-refractivity contribution is 9.10. The van der Waals surface area contributed by atoms with Crippen molar-refractivity contribution >= 4 is 31.5 Å². The van der Waals surface area contributed by atoms with Gasteiger partial charge in [-0.15, -0.1) is 0 Å². The average Bonchev–Trinajstić information content (AvgIpc) is 2.68. The number of rotatable bonds is 2. The summed E-state index contributed by atoms with van der Waals surface area (Å²) >= 11 is 2.90. The first kappa shape index (κ1) is 14.5. The number of fused-ring (bicyclic) bond motifs is 1. The van der Waals surface area contributed by atoms with Crippen LogP contribution < -0.4 is 5.32 Å². The fraction of sp³-hybridized carbons (Fsp3) is 0.143. The molecule has 21 heavy (non-hydrogen) atoms. The van der Waals surface area contributed by atoms with E-state index in [1.54, 1.807) is 18.2 Å². The summed E-state index contributed by atoms with van der Waals surface area (Å²) in [4.78, 5) is 0.237. The van der Waals surface area contributed by atoms with Crippen molar-refractivity contribution in [3.63, 3.8) is 0 Å². The summed E-state index contributed by atoms with van der Waals surface area (Å²) < 4.78 is 51.5. The molecule has 1 aliphatic heterocycles. The Labute approximate surface area is 129 Å². The molecule has 0 spiro atoms. The van der Waals surface area contributed by atoms with Crippen LogP contribution in [0.15, 0.2) is 45.8 Å². The molecule has 0 aromatic heterocycles. The van der Waals surface area contributed by atoms with Crippen LogP contribution >= 0.6 is 15.9 Å². The van der Waals surface area contributed by atoms with Crippen molar-refractivity contribution in [3.8, 4) is 0 Å². The van der Waals surface area contributed by atoms with Crippen LogP contribution in [0.4, 0.5) is 14.5 Å². The van der Waals surface area contributed by atoms with Crippen LogP contribution in [-0.4, -0.2) is 14.2 Å². The first-order chi connectivity index (χ1) is 9.88. The molecule has 110 valence electrons. The molecule has 1 aliphatic rings. The Hall–Kier alpha value is -1.47. The maximum absolute atomic E-state index is 13.8. The molecule has 0 fully saturated rings. The third-order valence-corrected chi connectivity index (χ3v) is 5.78. The molecule has 3 nitrogen and oxygen atoms in total. The van der Waals surface area contributed by atoms with Crippen molar-refractivity contribution in [2.45, 2.75) is 10.9 Å². The van der Waals surface area contributed by atoms with Gasteiger partial charge in [-0.05, 0) is 33.6 Å². The third kappa shape index (κ3) is 2.55. The standard InChI is InChI=1S/C14H10BrF2NO2S/c15-9-5-11(17)12(6-10(9)16)18-13-7-21(19,20)14-4-2-1-3-8(13)14/h1-6,13,18H,7H2. The zero-order valence-electron chi connectivity index (χ0n) is 10.6. The van der Waals surface area contributed by atoms with Gasteiger partial charge in [-0.2, -0.15) is 0 Å². The van der Waals surface area contributed by atoms with Gasteiger partial charge >= 0.3 is 0 Å². The summed E-state index contributed by atoms with van der Waals surface area (Å²) in [6.45, 7) is 0. The van der Waals surface area contributed by atoms with Crippen LogP contribution in [0.25, 0.3) is 0 Å². The average molecular weight is 374 g/mol. The Balaban J connectivity index is 2.00. The minimum Gasteiger partial charge on any atom is -0.375 e. The molecule has 0 amide bonds. The molecule has 3 rings (SSSR count). The van der Waals surface area contributed by atoms with Gasteiger partial charge in [-0.25, -0.2) is 17.2 Å². The Morgan fingerprint density at radius 2 is 1.86 bits per heavy atom. The van der Waals surface area contributed by atoms with Crippen molar-refractivity contribution in [1.29, 1.82) is 0 Å². The number of hydrogen-bond acceptors (Lipinski definition) is 3. The lowest BCUT2D eigenvalue weighted by molar-refractivity contribution is 0.593. The van der Waals surface area contributed by atoms with Crippen molar-refractivity contribution in [2.75, 3.05) is 11.1 Å². The summed E-state index contributed by atoms with van der Waals surface area (Å²) in [5, 5.41) is 2.77. The maximum Gasteiger partial charge on any atom is 0.181 e. The highest BCUT2D eigenvalue weighted by atomic mass is 79.9. The predicted octanol–water partition coefficient (Wildman–Crippen LogP) is 3.67. The van der Waals surface area contributed by atoms with E-state index < -0.39 is 27.5 Å². The lowest BCUT2D eigenvalue weighted by Crippen LogP contribution is -2.14. The lowest BCUT2D eigenvalue weighted by atomic mass is 10.1. The van der Waals surface area contributed by atoms with E-state index in [2.05, 4.69) is 21.2 Å². The second kappa shape index (κ2) is 5.06. The summed E-state index contributed by atoms with van der Waals surface area (Å²) in [5.74, 6) is -1.44. The van der Waals surface area contributed by atoms with Crippen LogP contribution in [0.2, 0.25) is 0 Å². The van der Waals surface area contributed by atoms with Crippen LogP contribution in [0.5, 0.6) is 0 Å². The highest BCUT2D eigenvalue weighted by Crippen LogP contribution is 2.36. The van der Waals surface area contributed by atoms with Crippen LogP contribution in [0.3, 0.4) is 0 Å². The molecule has 2 aromatic carbocycles. The second-order valence-electron chi connectivity index (χ2n) is 4.76. The largest absolute Gasteiger partial charge is 0.375 e. The monoisotopic (exact) mass is 373 g/mol. The van der Waals surface area contributed by atoms with Crippen LogP contribution in [0.1, 0.15) is 11.6 Å². The number of halogens is 3. The highest BCUT2D eigenvalue weighted by Gasteiger charge is 2.34. The molecular formula is C14H10BrF2NO2S. The van der Waals surface area contributed by atoms with E-state index >= 15 is 0 Å². The zero-order chi connectivity index (χ0) is 15.2. The molecule has 0 saturated carbocycles. The Kier molecular flexibility index (Phi) is 3.49. The third-order valence-electron chi connectivity index (χ3n) is 3.36. The van der Waals surface area contributed by atoms with E-state index in [0.29, 0.717) is 5.56 Å². The molecule has 1 atom stereocenters. The molecule has 0 saturated heterocycles. The van der Waals surface area contributed by atoms with Gasteiger partial charge in [0.15, 0.2) is 9.84 Å². The molecule has 7 heteroatoms. The molecular weight excluding hydrogens is 364 g/mol. The minimum absolute atomic E-state index is 0.0185. The summed E-state index contributed by atoms with van der Waals surface area (Å²) in [5.41, 5.74) is 0.507. The summed E-state index contributed by atoms with van der Waals surface area (Å²) in [6.07, 6.45) is 0. The van der Waals surface area contributed by atoms with Gasteiger partial charge in [-0.3, -0.25) is 0 Å². The van der Waals surface area contributed by atoms with E-state index in [0.717, 1.165) is 12.1 Å². The molecule has 1 heterocycles. The molecule has 0 bridgehead atoms. The number of hydrogen-bond donors (Lipinski definition) is 1. The maximum atomic E-state index is 13.8. The SMILES string of the molecule is O=S1(=O)CC(Nc2cc(F)c(Br)cc2F)c2ccccc21. The fourth-order valence-electron chi connectivity index (χ4n) is 2.39. The molecule has 1 N–H and O–H groups in total. The van der Waals surface area contributed by atoms with Gasteiger partial charge in [0.25, 0.3) is 0 Å². The quantitative estimate of drug-likeness (QED) is 0.816. The van der Waals surface area contributed by atoms with E-state index in [9.17, 15) is 17.2 Å². The molecule has 2 aromatic rings. The zero-order valence-corrected chi connectivity index (χ0v) is 13.0. The smallest absolute Gasteiger partial charge is 0.181 e. The number of anilines is 1. The van der Waals surface area contributed by atoms with E-state index in [-0.39, 0.29) is 20.8 Å². The van der Waals surface area contributed by atoms with Crippen LogP contribution in [-0.2, 0) is 9.84 Å². The van der Waals surface area contributed by atoms with Crippen molar-refractivity contribution < 1.29 is 17.2 Å². The Morgan fingerprint density at radius 3 is 2.62 bits per heavy atom. The fourth-order valence-corrected chi connectivity index (χ4v) is 4.44. The lowest BCUT2D eigenvalue weighted by Gasteiger charge is -2.15. The Bertz CT molecular complexity index is 824. The molecule has 0 aliphatic carbocycles. The number of sulfone groups is 1. The van der Waals surface area contributed by atoms with Crippen molar-refractivity contribution in [2.24, 2.45) is 0 Å². The topological polar surface area (TPSA) is 46.2 Å². The predicted molar refractivity (Wildman–Crippen MR) is 78.9 cm³/mol. The van der Waals surface area contributed by atoms with Gasteiger partial charge in [0, 0.05) is 6.07 Å². The van der Waals surface area contributed by atoms with E-state index in [4.69, 9.17) is 0 Å². The second-order valence-corrected chi connectivity index (χ2v) is 7.62. The van der Waals surface area contributed by atoms with E-state index in [1.807, 2.05) is 0 Å². The first-order valence-electron chi connectivity index (χ1n) is 6.11. The molecule has 1 unspecified atom stereocenters.